The van der Waals surface area contributed by atoms with Gasteiger partial charge in [-0.2, -0.15) is 5.26 Å². The molecule has 0 aromatic heterocycles. The molecular weight excluding hydrogens is 340 g/mol. The maximum absolute atomic E-state index is 14.9. The first-order valence-electron chi connectivity index (χ1n) is 9.26. The van der Waals surface area contributed by atoms with E-state index in [1.807, 2.05) is 36.4 Å². The van der Waals surface area contributed by atoms with Crippen molar-refractivity contribution in [3.63, 3.8) is 0 Å². The van der Waals surface area contributed by atoms with Gasteiger partial charge in [-0.1, -0.05) is 49.7 Å². The Morgan fingerprint density at radius 3 is 2.44 bits per heavy atom. The molecule has 0 atom stereocenters. The van der Waals surface area contributed by atoms with Crippen molar-refractivity contribution >= 4 is 0 Å². The summed E-state index contributed by atoms with van der Waals surface area (Å²) in [6.45, 7) is 2.11. The van der Waals surface area contributed by atoms with Gasteiger partial charge in [0.05, 0.1) is 5.56 Å². The number of nitrogens with zero attached hydrogens (tertiary/aromatic N) is 1. The van der Waals surface area contributed by atoms with Gasteiger partial charge in [0.2, 0.25) is 0 Å². The lowest BCUT2D eigenvalue weighted by atomic mass is 9.98. The number of hydrogen-bond acceptors (Lipinski definition) is 1. The molecule has 0 amide bonds. The predicted molar refractivity (Wildman–Crippen MR) is 103 cm³/mol. The molecule has 27 heavy (non-hydrogen) atoms. The van der Waals surface area contributed by atoms with Crippen molar-refractivity contribution in [2.75, 3.05) is 0 Å². The highest BCUT2D eigenvalue weighted by molar-refractivity contribution is 5.80. The van der Waals surface area contributed by atoms with Crippen LogP contribution in [0.4, 0.5) is 8.78 Å². The number of halogens is 2. The SMILES string of the molecule is CCCCc1ccc2c(c1F)Cc1cc(-c3ccc(C#N)c(F)c3)ccc1-2. The zero-order chi connectivity index (χ0) is 19.0. The highest BCUT2D eigenvalue weighted by Gasteiger charge is 2.23. The Hall–Kier alpha value is -2.99. The largest absolute Gasteiger partial charge is 0.206 e. The van der Waals surface area contributed by atoms with Crippen molar-refractivity contribution < 1.29 is 8.78 Å². The lowest BCUT2D eigenvalue weighted by Gasteiger charge is -2.08. The predicted octanol–water partition coefficient (Wildman–Crippen LogP) is 6.42. The van der Waals surface area contributed by atoms with E-state index in [1.54, 1.807) is 6.07 Å². The van der Waals surface area contributed by atoms with Gasteiger partial charge in [0.15, 0.2) is 0 Å². The molecule has 4 rings (SSSR count). The Morgan fingerprint density at radius 1 is 0.963 bits per heavy atom. The van der Waals surface area contributed by atoms with Crippen LogP contribution in [-0.2, 0) is 12.8 Å². The van der Waals surface area contributed by atoms with Crippen LogP contribution in [0.3, 0.4) is 0 Å². The highest BCUT2D eigenvalue weighted by Crippen LogP contribution is 2.40. The minimum Gasteiger partial charge on any atom is -0.206 e. The van der Waals surface area contributed by atoms with Crippen LogP contribution in [0.25, 0.3) is 22.3 Å². The molecule has 0 spiro atoms. The van der Waals surface area contributed by atoms with E-state index in [1.165, 1.54) is 12.1 Å². The minimum atomic E-state index is -0.523. The quantitative estimate of drug-likeness (QED) is 0.412. The molecule has 0 saturated heterocycles. The number of benzene rings is 3. The summed E-state index contributed by atoms with van der Waals surface area (Å²) < 4.78 is 28.9. The van der Waals surface area contributed by atoms with E-state index in [4.69, 9.17) is 5.26 Å². The molecule has 0 bridgehead atoms. The van der Waals surface area contributed by atoms with Gasteiger partial charge in [-0.15, -0.1) is 0 Å². The van der Waals surface area contributed by atoms with Gasteiger partial charge >= 0.3 is 0 Å². The van der Waals surface area contributed by atoms with Crippen molar-refractivity contribution in [3.8, 4) is 28.3 Å². The number of hydrogen-bond donors (Lipinski definition) is 0. The van der Waals surface area contributed by atoms with E-state index < -0.39 is 5.82 Å². The smallest absolute Gasteiger partial charge is 0.141 e. The molecule has 3 aromatic carbocycles. The first-order valence-corrected chi connectivity index (χ1v) is 9.26. The highest BCUT2D eigenvalue weighted by atomic mass is 19.1. The summed E-state index contributed by atoms with van der Waals surface area (Å²) in [4.78, 5) is 0. The molecule has 0 radical (unpaired) electrons. The Kier molecular flexibility index (Phi) is 4.49. The zero-order valence-corrected chi connectivity index (χ0v) is 15.2. The molecule has 0 heterocycles. The molecule has 0 fully saturated rings. The van der Waals surface area contributed by atoms with Gasteiger partial charge in [0.25, 0.3) is 0 Å². The van der Waals surface area contributed by atoms with Crippen molar-refractivity contribution in [2.24, 2.45) is 0 Å². The van der Waals surface area contributed by atoms with Gasteiger partial charge < -0.3 is 0 Å². The Bertz CT molecular complexity index is 1080. The van der Waals surface area contributed by atoms with Crippen molar-refractivity contribution in [2.45, 2.75) is 32.6 Å². The average molecular weight is 359 g/mol. The lowest BCUT2D eigenvalue weighted by Crippen LogP contribution is -1.96. The van der Waals surface area contributed by atoms with Crippen LogP contribution in [-0.4, -0.2) is 0 Å². The van der Waals surface area contributed by atoms with Crippen molar-refractivity contribution in [1.29, 1.82) is 5.26 Å². The number of fused-ring (bicyclic) bond motifs is 3. The second-order valence-electron chi connectivity index (χ2n) is 7.02. The summed E-state index contributed by atoms with van der Waals surface area (Å²) in [5.74, 6) is -0.603. The van der Waals surface area contributed by atoms with E-state index in [0.29, 0.717) is 6.42 Å². The maximum atomic E-state index is 14.9. The molecule has 3 heteroatoms. The van der Waals surface area contributed by atoms with E-state index in [0.717, 1.165) is 58.2 Å². The topological polar surface area (TPSA) is 23.8 Å². The fourth-order valence-electron chi connectivity index (χ4n) is 3.81. The molecule has 1 aliphatic rings. The first-order chi connectivity index (χ1) is 13.1. The summed E-state index contributed by atoms with van der Waals surface area (Å²) in [7, 11) is 0. The maximum Gasteiger partial charge on any atom is 0.141 e. The summed E-state index contributed by atoms with van der Waals surface area (Å²) in [5, 5.41) is 8.88. The summed E-state index contributed by atoms with van der Waals surface area (Å²) >= 11 is 0. The van der Waals surface area contributed by atoms with Crippen LogP contribution in [0.15, 0.2) is 48.5 Å². The Balaban J connectivity index is 1.71. The van der Waals surface area contributed by atoms with Gasteiger partial charge in [-0.05, 0) is 58.4 Å². The number of unbranched alkanes of at least 4 members (excludes halogenated alkanes) is 1. The fraction of sp³-hybridized carbons (Fsp3) is 0.208. The first kappa shape index (κ1) is 17.4. The van der Waals surface area contributed by atoms with Crippen molar-refractivity contribution in [1.82, 2.24) is 0 Å². The second-order valence-corrected chi connectivity index (χ2v) is 7.02. The molecule has 1 aliphatic carbocycles. The molecule has 134 valence electrons. The molecule has 0 N–H and O–H groups in total. The third-order valence-corrected chi connectivity index (χ3v) is 5.31. The van der Waals surface area contributed by atoms with E-state index in [-0.39, 0.29) is 11.4 Å². The van der Waals surface area contributed by atoms with Crippen LogP contribution in [0, 0.1) is 23.0 Å². The zero-order valence-electron chi connectivity index (χ0n) is 15.2. The molecular formula is C24H19F2N. The second kappa shape index (κ2) is 6.96. The van der Waals surface area contributed by atoms with Crippen molar-refractivity contribution in [3.05, 3.63) is 82.4 Å². The third-order valence-electron chi connectivity index (χ3n) is 5.31. The van der Waals surface area contributed by atoms with Crippen LogP contribution < -0.4 is 0 Å². The van der Waals surface area contributed by atoms with Crippen LogP contribution >= 0.6 is 0 Å². The summed E-state index contributed by atoms with van der Waals surface area (Å²) in [6.07, 6.45) is 3.35. The Labute approximate surface area is 157 Å². The third kappa shape index (κ3) is 3.02. The number of nitriles is 1. The van der Waals surface area contributed by atoms with Crippen LogP contribution in [0.1, 0.15) is 42.0 Å². The lowest BCUT2D eigenvalue weighted by molar-refractivity contribution is 0.593. The minimum absolute atomic E-state index is 0.0361. The fourth-order valence-corrected chi connectivity index (χ4v) is 3.81. The molecule has 0 unspecified atom stereocenters. The van der Waals surface area contributed by atoms with E-state index in [2.05, 4.69) is 6.92 Å². The molecule has 0 saturated carbocycles. The standard InChI is InChI=1S/C24H19F2N/c1-2-3-4-15-7-10-21-20-9-8-16(11-19(20)12-22(21)24(15)26)17-5-6-18(14-27)23(25)13-17/h5-11,13H,2-4,12H2,1H3. The molecule has 1 nitrogen and oxygen atoms in total. The van der Waals surface area contributed by atoms with Gasteiger partial charge in [0.1, 0.15) is 17.7 Å². The van der Waals surface area contributed by atoms with Gasteiger partial charge in [-0.3, -0.25) is 0 Å². The van der Waals surface area contributed by atoms with E-state index >= 15 is 0 Å². The summed E-state index contributed by atoms with van der Waals surface area (Å²) in [5.41, 5.74) is 6.24. The van der Waals surface area contributed by atoms with Gasteiger partial charge in [-0.25, -0.2) is 8.78 Å². The summed E-state index contributed by atoms with van der Waals surface area (Å²) in [6, 6.07) is 16.3. The van der Waals surface area contributed by atoms with Crippen LogP contribution in [0.5, 0.6) is 0 Å². The molecule has 0 aliphatic heterocycles. The van der Waals surface area contributed by atoms with Crippen LogP contribution in [0.2, 0.25) is 0 Å². The Morgan fingerprint density at radius 2 is 1.70 bits per heavy atom. The number of rotatable bonds is 4. The normalized spacial score (nSPS) is 11.8. The average Bonchev–Trinajstić information content (AvgIpc) is 3.06. The van der Waals surface area contributed by atoms with Gasteiger partial charge in [0, 0.05) is 12.0 Å². The number of aryl methyl sites for hydroxylation is 1. The monoisotopic (exact) mass is 359 g/mol. The van der Waals surface area contributed by atoms with E-state index in [9.17, 15) is 8.78 Å². The molecule has 3 aromatic rings.